The summed E-state index contributed by atoms with van der Waals surface area (Å²) in [5.74, 6) is 0.103. The van der Waals surface area contributed by atoms with E-state index in [2.05, 4.69) is 15.1 Å². The number of aromatic amines is 1. The molecule has 0 fully saturated rings. The molecule has 0 spiro atoms. The number of aromatic nitrogens is 4. The molecule has 12 heteroatoms. The zero-order valence-corrected chi connectivity index (χ0v) is 14.8. The minimum absolute atomic E-state index is 0.103. The average molecular weight is 420 g/mol. The van der Waals surface area contributed by atoms with Gasteiger partial charge in [-0.1, -0.05) is 12.1 Å². The van der Waals surface area contributed by atoms with Crippen molar-refractivity contribution in [3.63, 3.8) is 0 Å². The van der Waals surface area contributed by atoms with E-state index in [1.165, 1.54) is 6.92 Å². The first kappa shape index (κ1) is 20.8. The van der Waals surface area contributed by atoms with Crippen molar-refractivity contribution in [3.8, 4) is 0 Å². The molecule has 0 saturated heterocycles. The van der Waals surface area contributed by atoms with E-state index in [-0.39, 0.29) is 28.1 Å². The maximum atomic E-state index is 13.2. The topological polar surface area (TPSA) is 83.8 Å². The number of benzene rings is 1. The molecule has 0 aliphatic carbocycles. The standard InChI is InChI=1S/C17H14F6N4O2/c1-8-24-14-13(15(29)25-8)11(7-28)26-27(14)12(6-16(18,19)20)9-2-4-10(5-3-9)17(21,22)23/h2-5,12,28H,6-7H2,1H3,(H,24,25,29)/t12-/m0/s1. The average Bonchev–Trinajstić information content (AvgIpc) is 2.97. The van der Waals surface area contributed by atoms with Crippen LogP contribution < -0.4 is 5.56 Å². The predicted octanol–water partition coefficient (Wildman–Crippen LogP) is 3.48. The van der Waals surface area contributed by atoms with Crippen molar-refractivity contribution in [3.05, 3.63) is 57.3 Å². The number of alkyl halides is 6. The zero-order valence-electron chi connectivity index (χ0n) is 14.8. The van der Waals surface area contributed by atoms with E-state index in [1.54, 1.807) is 0 Å². The molecule has 3 rings (SSSR count). The fraction of sp³-hybridized carbons (Fsp3) is 0.353. The molecule has 2 aromatic heterocycles. The summed E-state index contributed by atoms with van der Waals surface area (Å²) in [5.41, 5.74) is -2.21. The Balaban J connectivity index is 2.22. The quantitative estimate of drug-likeness (QED) is 0.633. The van der Waals surface area contributed by atoms with Crippen LogP contribution in [0, 0.1) is 6.92 Å². The Kier molecular flexibility index (Phi) is 5.15. The summed E-state index contributed by atoms with van der Waals surface area (Å²) in [6.45, 7) is 0.677. The van der Waals surface area contributed by atoms with Gasteiger partial charge in [0.1, 0.15) is 16.9 Å². The minimum atomic E-state index is -4.69. The van der Waals surface area contributed by atoms with Gasteiger partial charge in [0, 0.05) is 0 Å². The maximum absolute atomic E-state index is 13.2. The van der Waals surface area contributed by atoms with Crippen LogP contribution in [0.1, 0.15) is 35.1 Å². The molecule has 1 aromatic carbocycles. The predicted molar refractivity (Wildman–Crippen MR) is 89.1 cm³/mol. The highest BCUT2D eigenvalue weighted by Gasteiger charge is 2.36. The SMILES string of the molecule is Cc1nc2c(c(CO)nn2[C@@H](CC(F)(F)F)c2ccc(C(F)(F)F)cc2)c(=O)[nH]1. The van der Waals surface area contributed by atoms with Crippen molar-refractivity contribution >= 4 is 11.0 Å². The van der Waals surface area contributed by atoms with Crippen molar-refractivity contribution < 1.29 is 31.4 Å². The van der Waals surface area contributed by atoms with E-state index in [0.29, 0.717) is 12.1 Å². The van der Waals surface area contributed by atoms with E-state index < -0.39 is 42.5 Å². The Morgan fingerprint density at radius 3 is 2.28 bits per heavy atom. The van der Waals surface area contributed by atoms with Crippen LogP contribution in [0.15, 0.2) is 29.1 Å². The van der Waals surface area contributed by atoms with Crippen molar-refractivity contribution in [2.75, 3.05) is 0 Å². The fourth-order valence-electron chi connectivity index (χ4n) is 3.01. The Hall–Kier alpha value is -2.89. The molecule has 0 amide bonds. The molecular weight excluding hydrogens is 406 g/mol. The number of aliphatic hydroxyl groups excluding tert-OH is 1. The van der Waals surface area contributed by atoms with Crippen LogP contribution in [0.4, 0.5) is 26.3 Å². The molecule has 156 valence electrons. The molecule has 0 aliphatic heterocycles. The number of fused-ring (bicyclic) bond motifs is 1. The van der Waals surface area contributed by atoms with Crippen LogP contribution >= 0.6 is 0 Å². The van der Waals surface area contributed by atoms with Gasteiger partial charge in [0.05, 0.1) is 24.6 Å². The molecule has 6 nitrogen and oxygen atoms in total. The van der Waals surface area contributed by atoms with Gasteiger partial charge in [0.15, 0.2) is 5.65 Å². The summed E-state index contributed by atoms with van der Waals surface area (Å²) in [6, 6.07) is 1.59. The number of nitrogens with zero attached hydrogens (tertiary/aromatic N) is 3. The van der Waals surface area contributed by atoms with Crippen LogP contribution in [0.3, 0.4) is 0 Å². The van der Waals surface area contributed by atoms with Crippen molar-refractivity contribution in [2.24, 2.45) is 0 Å². The third-order valence-corrected chi connectivity index (χ3v) is 4.25. The molecule has 1 atom stereocenters. The highest BCUT2D eigenvalue weighted by molar-refractivity contribution is 5.77. The van der Waals surface area contributed by atoms with Crippen molar-refractivity contribution in [2.45, 2.75) is 38.3 Å². The smallest absolute Gasteiger partial charge is 0.390 e. The van der Waals surface area contributed by atoms with Crippen LogP contribution in [-0.2, 0) is 12.8 Å². The summed E-state index contributed by atoms with van der Waals surface area (Å²) in [7, 11) is 0. The lowest BCUT2D eigenvalue weighted by Crippen LogP contribution is -2.22. The molecular formula is C17H14F6N4O2. The van der Waals surface area contributed by atoms with E-state index in [0.717, 1.165) is 16.8 Å². The molecule has 0 bridgehead atoms. The number of hydrogen-bond donors (Lipinski definition) is 2. The monoisotopic (exact) mass is 420 g/mol. The van der Waals surface area contributed by atoms with Crippen LogP contribution in [0.2, 0.25) is 0 Å². The summed E-state index contributed by atoms with van der Waals surface area (Å²) in [4.78, 5) is 18.6. The van der Waals surface area contributed by atoms with Gasteiger partial charge in [-0.05, 0) is 24.6 Å². The molecule has 2 heterocycles. The Labute approximate surface area is 158 Å². The summed E-state index contributed by atoms with van der Waals surface area (Å²) in [6.07, 6.45) is -10.8. The second kappa shape index (κ2) is 7.17. The number of nitrogens with one attached hydrogen (secondary N) is 1. The van der Waals surface area contributed by atoms with E-state index in [9.17, 15) is 36.2 Å². The number of aryl methyl sites for hydroxylation is 1. The molecule has 0 unspecified atom stereocenters. The normalized spacial score (nSPS) is 13.8. The number of halogens is 6. The molecule has 0 aliphatic rings. The van der Waals surface area contributed by atoms with Crippen LogP contribution in [0.5, 0.6) is 0 Å². The van der Waals surface area contributed by atoms with Gasteiger partial charge < -0.3 is 10.1 Å². The van der Waals surface area contributed by atoms with Gasteiger partial charge in [0.2, 0.25) is 0 Å². The summed E-state index contributed by atoms with van der Waals surface area (Å²) >= 11 is 0. The first-order chi connectivity index (χ1) is 13.4. The maximum Gasteiger partial charge on any atom is 0.416 e. The van der Waals surface area contributed by atoms with Gasteiger partial charge >= 0.3 is 12.4 Å². The van der Waals surface area contributed by atoms with E-state index >= 15 is 0 Å². The third kappa shape index (κ3) is 4.26. The zero-order chi connectivity index (χ0) is 21.6. The molecule has 3 aromatic rings. The number of H-pyrrole nitrogens is 1. The number of rotatable bonds is 4. The molecule has 0 radical (unpaired) electrons. The largest absolute Gasteiger partial charge is 0.416 e. The van der Waals surface area contributed by atoms with Gasteiger partial charge in [-0.3, -0.25) is 4.79 Å². The molecule has 29 heavy (non-hydrogen) atoms. The van der Waals surface area contributed by atoms with Gasteiger partial charge in [0.25, 0.3) is 5.56 Å². The second-order valence-corrected chi connectivity index (χ2v) is 6.35. The Morgan fingerprint density at radius 1 is 1.14 bits per heavy atom. The highest BCUT2D eigenvalue weighted by atomic mass is 19.4. The first-order valence-corrected chi connectivity index (χ1v) is 8.23. The lowest BCUT2D eigenvalue weighted by atomic mass is 10.0. The van der Waals surface area contributed by atoms with E-state index in [1.807, 2.05) is 0 Å². The van der Waals surface area contributed by atoms with Crippen molar-refractivity contribution in [1.82, 2.24) is 19.7 Å². The number of hydrogen-bond acceptors (Lipinski definition) is 4. The Bertz CT molecular complexity index is 1080. The van der Waals surface area contributed by atoms with Gasteiger partial charge in [-0.2, -0.15) is 31.4 Å². The van der Waals surface area contributed by atoms with Gasteiger partial charge in [-0.25, -0.2) is 9.67 Å². The third-order valence-electron chi connectivity index (χ3n) is 4.25. The van der Waals surface area contributed by atoms with Crippen LogP contribution in [0.25, 0.3) is 11.0 Å². The van der Waals surface area contributed by atoms with Crippen LogP contribution in [-0.4, -0.2) is 31.0 Å². The molecule has 2 N–H and O–H groups in total. The lowest BCUT2D eigenvalue weighted by molar-refractivity contribution is -0.141. The van der Waals surface area contributed by atoms with Crippen molar-refractivity contribution in [1.29, 1.82) is 0 Å². The number of aliphatic hydroxyl groups is 1. The summed E-state index contributed by atoms with van der Waals surface area (Å²) in [5, 5.41) is 13.2. The highest BCUT2D eigenvalue weighted by Crippen LogP contribution is 2.36. The van der Waals surface area contributed by atoms with E-state index in [4.69, 9.17) is 0 Å². The second-order valence-electron chi connectivity index (χ2n) is 6.35. The Morgan fingerprint density at radius 2 is 1.76 bits per heavy atom. The fourth-order valence-corrected chi connectivity index (χ4v) is 3.01. The summed E-state index contributed by atoms with van der Waals surface area (Å²) < 4.78 is 78.9. The van der Waals surface area contributed by atoms with Gasteiger partial charge in [-0.15, -0.1) is 0 Å². The molecule has 0 saturated carbocycles. The minimum Gasteiger partial charge on any atom is -0.390 e. The first-order valence-electron chi connectivity index (χ1n) is 8.23. The lowest BCUT2D eigenvalue weighted by Gasteiger charge is -2.21.